The molecule has 0 fully saturated rings. The van der Waals surface area contributed by atoms with Gasteiger partial charge in [-0.15, -0.1) is 0 Å². The van der Waals surface area contributed by atoms with Crippen molar-refractivity contribution in [3.05, 3.63) is 64.1 Å². The van der Waals surface area contributed by atoms with Gasteiger partial charge in [-0.05, 0) is 56.2 Å². The van der Waals surface area contributed by atoms with Gasteiger partial charge in [0.15, 0.2) is 0 Å². The molecule has 0 aliphatic carbocycles. The van der Waals surface area contributed by atoms with Crippen LogP contribution < -0.4 is 9.62 Å². The summed E-state index contributed by atoms with van der Waals surface area (Å²) in [6.07, 6.45) is 1.37. The molecule has 180 valence electrons. The normalized spacial score (nSPS) is 12.3. The second kappa shape index (κ2) is 11.7. The molecule has 2 amide bonds. The maximum Gasteiger partial charge on any atom is 0.244 e. The number of nitrogens with one attached hydrogen (secondary N) is 1. The van der Waals surface area contributed by atoms with E-state index >= 15 is 0 Å². The first-order chi connectivity index (χ1) is 15.4. The molecule has 10 heteroatoms. The number of carbonyl (C=O) groups excluding carboxylic acids is 2. The van der Waals surface area contributed by atoms with Gasteiger partial charge in [-0.25, -0.2) is 8.42 Å². The second-order valence-corrected chi connectivity index (χ2v) is 10.7. The number of hydrogen-bond acceptors (Lipinski definition) is 4. The highest BCUT2D eigenvalue weighted by Gasteiger charge is 2.32. The van der Waals surface area contributed by atoms with Crippen LogP contribution in [0, 0.1) is 0 Å². The predicted molar refractivity (Wildman–Crippen MR) is 133 cm³/mol. The van der Waals surface area contributed by atoms with Gasteiger partial charge >= 0.3 is 0 Å². The van der Waals surface area contributed by atoms with E-state index in [0.29, 0.717) is 27.7 Å². The zero-order valence-electron chi connectivity index (χ0n) is 19.1. The smallest absolute Gasteiger partial charge is 0.244 e. The number of hydrogen-bond donors (Lipinski definition) is 1. The highest BCUT2D eigenvalue weighted by atomic mass is 35.5. The summed E-state index contributed by atoms with van der Waals surface area (Å²) in [4.78, 5) is 27.8. The van der Waals surface area contributed by atoms with Crippen LogP contribution in [0.3, 0.4) is 0 Å². The molecule has 7 nitrogen and oxygen atoms in total. The fourth-order valence-electron chi connectivity index (χ4n) is 3.33. The van der Waals surface area contributed by atoms with Crippen LogP contribution in [-0.2, 0) is 26.2 Å². The Kier molecular flexibility index (Phi) is 9.57. The standard InChI is InChI=1S/C23H29Cl2N3O4S/c1-5-21(23(30)26-16(2)3)27(14-17-8-6-7-9-20(17)25)22(29)15-28(33(4,31)32)19-12-10-18(24)11-13-19/h6-13,16,21H,5,14-15H2,1-4H3,(H,26,30)/t21-/m0/s1. The summed E-state index contributed by atoms with van der Waals surface area (Å²) in [6.45, 7) is 5.04. The molecule has 0 aliphatic rings. The molecule has 0 bridgehead atoms. The molecule has 1 atom stereocenters. The lowest BCUT2D eigenvalue weighted by atomic mass is 10.1. The Hall–Kier alpha value is -2.29. The first kappa shape index (κ1) is 27.0. The van der Waals surface area contributed by atoms with E-state index in [9.17, 15) is 18.0 Å². The van der Waals surface area contributed by atoms with Gasteiger partial charge in [0.1, 0.15) is 12.6 Å². The maximum atomic E-state index is 13.5. The Labute approximate surface area is 205 Å². The van der Waals surface area contributed by atoms with Gasteiger partial charge in [-0.1, -0.05) is 48.3 Å². The van der Waals surface area contributed by atoms with E-state index < -0.39 is 28.5 Å². The monoisotopic (exact) mass is 513 g/mol. The molecule has 0 spiro atoms. The summed E-state index contributed by atoms with van der Waals surface area (Å²) in [5.41, 5.74) is 0.952. The number of amides is 2. The SMILES string of the molecule is CC[C@@H](C(=O)NC(C)C)N(Cc1ccccc1Cl)C(=O)CN(c1ccc(Cl)cc1)S(C)(=O)=O. The van der Waals surface area contributed by atoms with Gasteiger partial charge < -0.3 is 10.2 Å². The quantitative estimate of drug-likeness (QED) is 0.518. The molecule has 2 rings (SSSR count). The summed E-state index contributed by atoms with van der Waals surface area (Å²) in [6, 6.07) is 12.2. The Morgan fingerprint density at radius 3 is 2.15 bits per heavy atom. The molecule has 0 radical (unpaired) electrons. The van der Waals surface area contributed by atoms with Crippen LogP contribution in [0.15, 0.2) is 48.5 Å². The van der Waals surface area contributed by atoms with E-state index in [1.165, 1.54) is 17.0 Å². The zero-order chi connectivity index (χ0) is 24.8. The van der Waals surface area contributed by atoms with Crippen LogP contribution in [-0.4, -0.2) is 50.0 Å². The number of sulfonamides is 1. The molecule has 0 heterocycles. The van der Waals surface area contributed by atoms with Crippen LogP contribution >= 0.6 is 23.2 Å². The van der Waals surface area contributed by atoms with Crippen molar-refractivity contribution in [2.24, 2.45) is 0 Å². The first-order valence-electron chi connectivity index (χ1n) is 10.5. The molecular weight excluding hydrogens is 485 g/mol. The topological polar surface area (TPSA) is 86.8 Å². The van der Waals surface area contributed by atoms with E-state index in [1.807, 2.05) is 13.8 Å². The van der Waals surface area contributed by atoms with Crippen molar-refractivity contribution in [3.63, 3.8) is 0 Å². The van der Waals surface area contributed by atoms with Crippen LogP contribution in [0.2, 0.25) is 10.0 Å². The third-order valence-electron chi connectivity index (χ3n) is 4.91. The molecule has 0 unspecified atom stereocenters. The third kappa shape index (κ3) is 7.62. The molecule has 0 saturated heterocycles. The average molecular weight is 514 g/mol. The number of carbonyl (C=O) groups is 2. The van der Waals surface area contributed by atoms with Crippen LogP contribution in [0.5, 0.6) is 0 Å². The molecule has 2 aromatic rings. The Morgan fingerprint density at radius 2 is 1.64 bits per heavy atom. The van der Waals surface area contributed by atoms with Crippen LogP contribution in [0.25, 0.3) is 0 Å². The lowest BCUT2D eigenvalue weighted by Gasteiger charge is -2.33. The minimum absolute atomic E-state index is 0.0563. The molecule has 2 aromatic carbocycles. The predicted octanol–water partition coefficient (Wildman–Crippen LogP) is 4.09. The minimum Gasteiger partial charge on any atom is -0.352 e. The van der Waals surface area contributed by atoms with E-state index in [2.05, 4.69) is 5.32 Å². The number of anilines is 1. The fraction of sp³-hybridized carbons (Fsp3) is 0.391. The zero-order valence-corrected chi connectivity index (χ0v) is 21.4. The van der Waals surface area contributed by atoms with Gasteiger partial charge in [0.2, 0.25) is 21.8 Å². The van der Waals surface area contributed by atoms with E-state index in [0.717, 1.165) is 10.6 Å². The summed E-state index contributed by atoms with van der Waals surface area (Å²) in [7, 11) is -3.80. The first-order valence-corrected chi connectivity index (χ1v) is 13.1. The Balaban J connectivity index is 2.44. The van der Waals surface area contributed by atoms with Crippen molar-refractivity contribution in [1.82, 2.24) is 10.2 Å². The number of benzene rings is 2. The van der Waals surface area contributed by atoms with Crippen LogP contribution in [0.1, 0.15) is 32.8 Å². The number of rotatable bonds is 10. The second-order valence-electron chi connectivity index (χ2n) is 7.95. The van der Waals surface area contributed by atoms with Gasteiger partial charge in [0.05, 0.1) is 11.9 Å². The average Bonchev–Trinajstić information content (AvgIpc) is 2.72. The molecule has 1 N–H and O–H groups in total. The minimum atomic E-state index is -3.80. The molecule has 0 aromatic heterocycles. The number of nitrogens with zero attached hydrogens (tertiary/aromatic N) is 2. The highest BCUT2D eigenvalue weighted by molar-refractivity contribution is 7.92. The van der Waals surface area contributed by atoms with Crippen molar-refractivity contribution in [2.75, 3.05) is 17.1 Å². The molecule has 33 heavy (non-hydrogen) atoms. The van der Waals surface area contributed by atoms with Crippen molar-refractivity contribution in [2.45, 2.75) is 45.8 Å². The van der Waals surface area contributed by atoms with Crippen molar-refractivity contribution < 1.29 is 18.0 Å². The fourth-order valence-corrected chi connectivity index (χ4v) is 4.50. The maximum absolute atomic E-state index is 13.5. The summed E-state index contributed by atoms with van der Waals surface area (Å²) >= 11 is 12.2. The van der Waals surface area contributed by atoms with E-state index in [-0.39, 0.29) is 18.5 Å². The summed E-state index contributed by atoms with van der Waals surface area (Å²) in [5, 5.41) is 3.73. The highest BCUT2D eigenvalue weighted by Crippen LogP contribution is 2.23. The van der Waals surface area contributed by atoms with Gasteiger partial charge in [0.25, 0.3) is 0 Å². The summed E-state index contributed by atoms with van der Waals surface area (Å²) in [5.74, 6) is -0.841. The molecule has 0 saturated carbocycles. The Bertz CT molecular complexity index is 1080. The third-order valence-corrected chi connectivity index (χ3v) is 6.67. The molecular formula is C23H29Cl2N3O4S. The lowest BCUT2D eigenvalue weighted by molar-refractivity contribution is -0.140. The van der Waals surface area contributed by atoms with Crippen molar-refractivity contribution in [1.29, 1.82) is 0 Å². The van der Waals surface area contributed by atoms with E-state index in [1.54, 1.807) is 43.3 Å². The van der Waals surface area contributed by atoms with Gasteiger partial charge in [-0.2, -0.15) is 0 Å². The lowest BCUT2D eigenvalue weighted by Crippen LogP contribution is -2.53. The van der Waals surface area contributed by atoms with Gasteiger partial charge in [0, 0.05) is 22.6 Å². The molecule has 0 aliphatic heterocycles. The summed E-state index contributed by atoms with van der Waals surface area (Å²) < 4.78 is 26.1. The van der Waals surface area contributed by atoms with E-state index in [4.69, 9.17) is 23.2 Å². The van der Waals surface area contributed by atoms with Crippen LogP contribution in [0.4, 0.5) is 5.69 Å². The van der Waals surface area contributed by atoms with Gasteiger partial charge in [-0.3, -0.25) is 13.9 Å². The largest absolute Gasteiger partial charge is 0.352 e. The van der Waals surface area contributed by atoms with Crippen molar-refractivity contribution >= 4 is 50.7 Å². The number of halogens is 2. The Morgan fingerprint density at radius 1 is 1.03 bits per heavy atom. The van der Waals surface area contributed by atoms with Crippen molar-refractivity contribution in [3.8, 4) is 0 Å².